The van der Waals surface area contributed by atoms with Crippen LogP contribution in [-0.2, 0) is 0 Å². The molecule has 0 saturated carbocycles. The van der Waals surface area contributed by atoms with E-state index in [0.29, 0.717) is 11.1 Å². The molecule has 0 spiro atoms. The molecule has 2 heteroatoms. The van der Waals surface area contributed by atoms with Crippen molar-refractivity contribution < 1.29 is 10.2 Å². The summed E-state index contributed by atoms with van der Waals surface area (Å²) < 4.78 is 0. The Morgan fingerprint density at radius 3 is 2.25 bits per heavy atom. The van der Waals surface area contributed by atoms with Crippen molar-refractivity contribution in [1.82, 2.24) is 0 Å². The summed E-state index contributed by atoms with van der Waals surface area (Å²) in [5.74, 6) is 0.0351. The molecule has 0 aliphatic carbocycles. The van der Waals surface area contributed by atoms with Gasteiger partial charge >= 0.3 is 0 Å². The quantitative estimate of drug-likeness (QED) is 0.700. The second kappa shape index (κ2) is 3.13. The summed E-state index contributed by atoms with van der Waals surface area (Å²) in [5, 5.41) is 18.4. The van der Waals surface area contributed by atoms with E-state index in [-0.39, 0.29) is 11.5 Å². The Morgan fingerprint density at radius 1 is 1.08 bits per heavy atom. The van der Waals surface area contributed by atoms with Crippen LogP contribution in [0.1, 0.15) is 11.1 Å². The van der Waals surface area contributed by atoms with Crippen molar-refractivity contribution in [3.05, 3.63) is 36.4 Å². The summed E-state index contributed by atoms with van der Waals surface area (Å²) in [5.41, 5.74) is 1.25. The Labute approximate surface area is 71.1 Å². The maximum absolute atomic E-state index is 9.32. The van der Waals surface area contributed by atoms with Gasteiger partial charge in [-0.2, -0.15) is 0 Å². The van der Waals surface area contributed by atoms with Crippen LogP contribution in [0.15, 0.2) is 25.3 Å². The maximum Gasteiger partial charge on any atom is 0.127 e. The third-order valence-electron chi connectivity index (χ3n) is 1.60. The number of hydrogen-bond acceptors (Lipinski definition) is 2. The van der Waals surface area contributed by atoms with Crippen LogP contribution in [0.2, 0.25) is 0 Å². The summed E-state index contributed by atoms with van der Waals surface area (Å²) in [6.07, 6.45) is 3.07. The number of rotatable bonds is 2. The Morgan fingerprint density at radius 2 is 1.75 bits per heavy atom. The zero-order chi connectivity index (χ0) is 9.14. The van der Waals surface area contributed by atoms with Crippen LogP contribution in [0.25, 0.3) is 12.2 Å². The van der Waals surface area contributed by atoms with E-state index < -0.39 is 0 Å². The maximum atomic E-state index is 9.32. The van der Waals surface area contributed by atoms with E-state index in [1.54, 1.807) is 6.08 Å². The fourth-order valence-electron chi connectivity index (χ4n) is 1.04. The van der Waals surface area contributed by atoms with Gasteiger partial charge in [-0.05, 0) is 11.6 Å². The molecule has 0 aliphatic rings. The van der Waals surface area contributed by atoms with Crippen LogP contribution in [-0.4, -0.2) is 10.2 Å². The number of hydrogen-bond donors (Lipinski definition) is 2. The molecule has 0 heterocycles. The minimum atomic E-state index is 0.0138. The minimum Gasteiger partial charge on any atom is -0.508 e. The third-order valence-corrected chi connectivity index (χ3v) is 1.60. The normalized spacial score (nSPS) is 9.33. The van der Waals surface area contributed by atoms with Crippen LogP contribution in [0.4, 0.5) is 0 Å². The van der Waals surface area contributed by atoms with Crippen LogP contribution < -0.4 is 0 Å². The molecule has 0 aromatic heterocycles. The first-order chi connectivity index (χ1) is 5.69. The lowest BCUT2D eigenvalue weighted by Crippen LogP contribution is -1.81. The van der Waals surface area contributed by atoms with Gasteiger partial charge in [-0.1, -0.05) is 25.3 Å². The van der Waals surface area contributed by atoms with E-state index in [2.05, 4.69) is 13.2 Å². The van der Waals surface area contributed by atoms with Crippen LogP contribution in [0, 0.1) is 0 Å². The molecule has 2 nitrogen and oxygen atoms in total. The Balaban J connectivity index is 3.43. The molecule has 0 aliphatic heterocycles. The molecule has 1 aromatic carbocycles. The van der Waals surface area contributed by atoms with Gasteiger partial charge in [0, 0.05) is 11.6 Å². The standard InChI is InChI=1S/C10H10O2/c1-3-7-5-8(11)6-10(12)9(7)4-2/h3-6,11-12H,1-2H2. The second-order valence-corrected chi connectivity index (χ2v) is 2.38. The van der Waals surface area contributed by atoms with Crippen LogP contribution >= 0.6 is 0 Å². The van der Waals surface area contributed by atoms with Crippen molar-refractivity contribution in [3.8, 4) is 11.5 Å². The summed E-state index contributed by atoms with van der Waals surface area (Å²) in [7, 11) is 0. The molecular formula is C10H10O2. The molecule has 0 saturated heterocycles. The zero-order valence-corrected chi connectivity index (χ0v) is 6.62. The van der Waals surface area contributed by atoms with Gasteiger partial charge in [0.05, 0.1) is 0 Å². The largest absolute Gasteiger partial charge is 0.508 e. The van der Waals surface area contributed by atoms with E-state index in [9.17, 15) is 5.11 Å². The van der Waals surface area contributed by atoms with Crippen LogP contribution in [0.5, 0.6) is 11.5 Å². The SMILES string of the molecule is C=Cc1cc(O)cc(O)c1C=C. The Hall–Kier alpha value is -1.70. The predicted octanol–water partition coefficient (Wildman–Crippen LogP) is 2.38. The molecule has 1 aromatic rings. The van der Waals surface area contributed by atoms with Crippen molar-refractivity contribution in [2.24, 2.45) is 0 Å². The molecule has 0 atom stereocenters. The van der Waals surface area contributed by atoms with E-state index in [1.165, 1.54) is 18.2 Å². The van der Waals surface area contributed by atoms with Gasteiger partial charge in [-0.3, -0.25) is 0 Å². The van der Waals surface area contributed by atoms with Crippen molar-refractivity contribution in [2.75, 3.05) is 0 Å². The summed E-state index contributed by atoms with van der Waals surface area (Å²) >= 11 is 0. The number of phenolic OH excluding ortho intramolecular Hbond substituents is 2. The molecule has 0 radical (unpaired) electrons. The molecule has 0 bridgehead atoms. The van der Waals surface area contributed by atoms with Crippen molar-refractivity contribution in [3.63, 3.8) is 0 Å². The molecular weight excluding hydrogens is 152 g/mol. The molecule has 2 N–H and O–H groups in total. The summed E-state index contributed by atoms with van der Waals surface area (Å²) in [6.45, 7) is 7.09. The van der Waals surface area contributed by atoms with Gasteiger partial charge in [0.2, 0.25) is 0 Å². The van der Waals surface area contributed by atoms with Gasteiger partial charge in [0.1, 0.15) is 11.5 Å². The van der Waals surface area contributed by atoms with Crippen LogP contribution in [0.3, 0.4) is 0 Å². The van der Waals surface area contributed by atoms with Crippen molar-refractivity contribution >= 4 is 12.2 Å². The highest BCUT2D eigenvalue weighted by molar-refractivity contribution is 5.70. The average molecular weight is 162 g/mol. The first kappa shape index (κ1) is 8.40. The monoisotopic (exact) mass is 162 g/mol. The first-order valence-corrected chi connectivity index (χ1v) is 3.50. The minimum absolute atomic E-state index is 0.0138. The lowest BCUT2D eigenvalue weighted by molar-refractivity contribution is 0.449. The topological polar surface area (TPSA) is 40.5 Å². The lowest BCUT2D eigenvalue weighted by atomic mass is 10.1. The first-order valence-electron chi connectivity index (χ1n) is 3.50. The molecule has 1 rings (SSSR count). The molecule has 62 valence electrons. The number of aromatic hydroxyl groups is 2. The highest BCUT2D eigenvalue weighted by Gasteiger charge is 2.03. The van der Waals surface area contributed by atoms with E-state index in [1.807, 2.05) is 0 Å². The van der Waals surface area contributed by atoms with E-state index in [4.69, 9.17) is 5.11 Å². The second-order valence-electron chi connectivity index (χ2n) is 2.38. The highest BCUT2D eigenvalue weighted by Crippen LogP contribution is 2.28. The fraction of sp³-hybridized carbons (Fsp3) is 0. The third kappa shape index (κ3) is 1.32. The Kier molecular flexibility index (Phi) is 2.19. The number of benzene rings is 1. The van der Waals surface area contributed by atoms with Gasteiger partial charge in [0.15, 0.2) is 0 Å². The molecule has 12 heavy (non-hydrogen) atoms. The van der Waals surface area contributed by atoms with E-state index in [0.717, 1.165) is 0 Å². The average Bonchev–Trinajstić information content (AvgIpc) is 2.03. The van der Waals surface area contributed by atoms with Crippen molar-refractivity contribution in [1.29, 1.82) is 0 Å². The van der Waals surface area contributed by atoms with Gasteiger partial charge in [-0.15, -0.1) is 0 Å². The predicted molar refractivity (Wildman–Crippen MR) is 50.0 cm³/mol. The lowest BCUT2D eigenvalue weighted by Gasteiger charge is -2.04. The van der Waals surface area contributed by atoms with Gasteiger partial charge < -0.3 is 10.2 Å². The van der Waals surface area contributed by atoms with E-state index >= 15 is 0 Å². The summed E-state index contributed by atoms with van der Waals surface area (Å²) in [6, 6.07) is 2.79. The zero-order valence-electron chi connectivity index (χ0n) is 6.62. The fourth-order valence-corrected chi connectivity index (χ4v) is 1.04. The van der Waals surface area contributed by atoms with Gasteiger partial charge in [0.25, 0.3) is 0 Å². The molecule has 0 unspecified atom stereocenters. The molecule has 0 amide bonds. The van der Waals surface area contributed by atoms with Gasteiger partial charge in [-0.25, -0.2) is 0 Å². The van der Waals surface area contributed by atoms with Crippen molar-refractivity contribution in [2.45, 2.75) is 0 Å². The smallest absolute Gasteiger partial charge is 0.127 e. The highest BCUT2D eigenvalue weighted by atomic mass is 16.3. The number of phenols is 2. The Bertz CT molecular complexity index is 327. The molecule has 0 fully saturated rings. The summed E-state index contributed by atoms with van der Waals surface area (Å²) in [4.78, 5) is 0.